The van der Waals surface area contributed by atoms with Gasteiger partial charge in [0.25, 0.3) is 0 Å². The Morgan fingerprint density at radius 3 is 2.52 bits per heavy atom. The van der Waals surface area contributed by atoms with Crippen LogP contribution in [0, 0.1) is 0 Å². The van der Waals surface area contributed by atoms with Crippen LogP contribution in [0.15, 0.2) is 66.9 Å². The monoisotopic (exact) mass is 361 g/mol. The van der Waals surface area contributed by atoms with Crippen LogP contribution in [0.25, 0.3) is 10.9 Å². The molecule has 0 saturated carbocycles. The summed E-state index contributed by atoms with van der Waals surface area (Å²) >= 11 is 0. The van der Waals surface area contributed by atoms with Crippen molar-refractivity contribution in [3.8, 4) is 0 Å². The zero-order valence-electron chi connectivity index (χ0n) is 15.7. The number of para-hydroxylation sites is 1. The number of piperidine rings is 1. The molecule has 2 aromatic carbocycles. The van der Waals surface area contributed by atoms with Crippen LogP contribution in [-0.4, -0.2) is 34.5 Å². The van der Waals surface area contributed by atoms with Crippen LogP contribution in [0.1, 0.15) is 24.8 Å². The first-order valence-corrected chi connectivity index (χ1v) is 9.87. The topological polar surface area (TPSA) is 37.3 Å². The Labute approximate surface area is 160 Å². The lowest BCUT2D eigenvalue weighted by Gasteiger charge is -2.32. The first-order chi connectivity index (χ1) is 13.3. The van der Waals surface area contributed by atoms with Crippen molar-refractivity contribution < 1.29 is 4.79 Å². The number of rotatable bonds is 6. The summed E-state index contributed by atoms with van der Waals surface area (Å²) in [7, 11) is 0. The number of aryl methyl sites for hydroxylation is 1. The first-order valence-electron chi connectivity index (χ1n) is 9.87. The highest BCUT2D eigenvalue weighted by Gasteiger charge is 2.20. The van der Waals surface area contributed by atoms with Crippen molar-refractivity contribution in [1.82, 2.24) is 14.8 Å². The molecular formula is C23H27N3O. The highest BCUT2D eigenvalue weighted by molar-refractivity contribution is 5.80. The van der Waals surface area contributed by atoms with Gasteiger partial charge in [0.2, 0.25) is 5.91 Å². The molecule has 1 amide bonds. The van der Waals surface area contributed by atoms with Crippen LogP contribution in [-0.2, 0) is 17.9 Å². The summed E-state index contributed by atoms with van der Waals surface area (Å²) < 4.78 is 2.16. The lowest BCUT2D eigenvalue weighted by molar-refractivity contribution is -0.122. The van der Waals surface area contributed by atoms with Gasteiger partial charge in [-0.25, -0.2) is 0 Å². The number of carbonyl (C=O) groups excluding carboxylic acids is 1. The van der Waals surface area contributed by atoms with E-state index in [2.05, 4.69) is 69.5 Å². The molecule has 4 heteroatoms. The summed E-state index contributed by atoms with van der Waals surface area (Å²) in [6.07, 6.45) is 4.67. The van der Waals surface area contributed by atoms with Gasteiger partial charge in [0.1, 0.15) is 0 Å². The minimum atomic E-state index is 0.161. The van der Waals surface area contributed by atoms with E-state index in [1.165, 1.54) is 16.5 Å². The molecule has 27 heavy (non-hydrogen) atoms. The predicted octanol–water partition coefficient (Wildman–Crippen LogP) is 3.81. The molecule has 1 aliphatic heterocycles. The highest BCUT2D eigenvalue weighted by Crippen LogP contribution is 2.16. The molecule has 2 heterocycles. The Morgan fingerprint density at radius 1 is 0.963 bits per heavy atom. The molecule has 0 radical (unpaired) electrons. The summed E-state index contributed by atoms with van der Waals surface area (Å²) in [4.78, 5) is 14.9. The molecule has 140 valence electrons. The zero-order valence-corrected chi connectivity index (χ0v) is 15.7. The molecule has 0 bridgehead atoms. The first kappa shape index (κ1) is 17.8. The maximum absolute atomic E-state index is 12.4. The largest absolute Gasteiger partial charge is 0.353 e. The quantitative estimate of drug-likeness (QED) is 0.725. The smallest absolute Gasteiger partial charge is 0.222 e. The van der Waals surface area contributed by atoms with Crippen LogP contribution in [0.4, 0.5) is 0 Å². The van der Waals surface area contributed by atoms with Crippen molar-refractivity contribution in [3.63, 3.8) is 0 Å². The summed E-state index contributed by atoms with van der Waals surface area (Å²) in [5.41, 5.74) is 2.55. The van der Waals surface area contributed by atoms with Crippen molar-refractivity contribution in [2.75, 3.05) is 13.1 Å². The lowest BCUT2D eigenvalue weighted by atomic mass is 10.0. The number of nitrogens with zero attached hydrogens (tertiary/aromatic N) is 2. The van der Waals surface area contributed by atoms with E-state index in [1.54, 1.807) is 0 Å². The number of likely N-dealkylation sites (tertiary alicyclic amines) is 1. The van der Waals surface area contributed by atoms with Crippen molar-refractivity contribution in [2.24, 2.45) is 0 Å². The van der Waals surface area contributed by atoms with E-state index in [0.717, 1.165) is 39.0 Å². The maximum atomic E-state index is 12.4. The minimum Gasteiger partial charge on any atom is -0.353 e. The number of aromatic nitrogens is 1. The molecular weight excluding hydrogens is 334 g/mol. The molecule has 1 aromatic heterocycles. The molecule has 1 N–H and O–H groups in total. The molecule has 3 aromatic rings. The van der Waals surface area contributed by atoms with Gasteiger partial charge in [0.15, 0.2) is 0 Å². The zero-order chi connectivity index (χ0) is 18.5. The van der Waals surface area contributed by atoms with Crippen molar-refractivity contribution >= 4 is 16.8 Å². The lowest BCUT2D eigenvalue weighted by Crippen LogP contribution is -2.44. The molecule has 0 spiro atoms. The van der Waals surface area contributed by atoms with Crippen LogP contribution < -0.4 is 5.32 Å². The van der Waals surface area contributed by atoms with Gasteiger partial charge in [-0.05, 0) is 35.9 Å². The standard InChI is InChI=1S/C23H27N3O/c27-23(13-17-26-16-10-20-8-4-5-9-22(20)26)24-21-11-14-25(15-12-21)18-19-6-2-1-3-7-19/h1-10,16,21H,11-15,17-18H2,(H,24,27). The minimum absolute atomic E-state index is 0.161. The van der Waals surface area contributed by atoms with Gasteiger partial charge in [0.05, 0.1) is 0 Å². The van der Waals surface area contributed by atoms with Crippen LogP contribution in [0.2, 0.25) is 0 Å². The molecule has 1 saturated heterocycles. The van der Waals surface area contributed by atoms with E-state index < -0.39 is 0 Å². The fourth-order valence-corrected chi connectivity index (χ4v) is 3.93. The number of hydrogen-bond donors (Lipinski definition) is 1. The Kier molecular flexibility index (Phi) is 5.54. The van der Waals surface area contributed by atoms with Crippen LogP contribution in [0.3, 0.4) is 0 Å². The van der Waals surface area contributed by atoms with Crippen molar-refractivity contribution in [3.05, 3.63) is 72.4 Å². The number of amides is 1. The third-order valence-electron chi connectivity index (χ3n) is 5.46. The molecule has 0 unspecified atom stereocenters. The number of fused-ring (bicyclic) bond motifs is 1. The summed E-state index contributed by atoms with van der Waals surface area (Å²) in [5, 5.41) is 4.46. The second-order valence-corrected chi connectivity index (χ2v) is 7.42. The molecule has 1 aliphatic rings. The predicted molar refractivity (Wildman–Crippen MR) is 109 cm³/mol. The second kappa shape index (κ2) is 8.40. The van der Waals surface area contributed by atoms with Gasteiger partial charge in [-0.2, -0.15) is 0 Å². The number of hydrogen-bond acceptors (Lipinski definition) is 2. The van der Waals surface area contributed by atoms with Crippen molar-refractivity contribution in [2.45, 2.75) is 38.4 Å². The van der Waals surface area contributed by atoms with E-state index >= 15 is 0 Å². The number of benzene rings is 2. The SMILES string of the molecule is O=C(CCn1ccc2ccccc21)NC1CCN(Cc2ccccc2)CC1. The van der Waals surface area contributed by atoms with E-state index in [9.17, 15) is 4.79 Å². The number of carbonyl (C=O) groups is 1. The van der Waals surface area contributed by atoms with Gasteiger partial charge in [-0.15, -0.1) is 0 Å². The average Bonchev–Trinajstić information content (AvgIpc) is 3.12. The Bertz CT molecular complexity index is 879. The van der Waals surface area contributed by atoms with Crippen molar-refractivity contribution in [1.29, 1.82) is 0 Å². The molecule has 4 nitrogen and oxygen atoms in total. The third kappa shape index (κ3) is 4.58. The van der Waals surface area contributed by atoms with Crippen LogP contribution in [0.5, 0.6) is 0 Å². The van der Waals surface area contributed by atoms with Gasteiger partial charge < -0.3 is 9.88 Å². The molecule has 0 atom stereocenters. The highest BCUT2D eigenvalue weighted by atomic mass is 16.1. The molecule has 0 aliphatic carbocycles. The average molecular weight is 361 g/mol. The summed E-state index contributed by atoms with van der Waals surface area (Å²) in [6, 6.07) is 21.3. The fourth-order valence-electron chi connectivity index (χ4n) is 3.93. The van der Waals surface area contributed by atoms with Crippen LogP contribution >= 0.6 is 0 Å². The Morgan fingerprint density at radius 2 is 1.70 bits per heavy atom. The molecule has 1 fully saturated rings. The fraction of sp³-hybridized carbons (Fsp3) is 0.348. The summed E-state index contributed by atoms with van der Waals surface area (Å²) in [6.45, 7) is 3.82. The number of nitrogens with one attached hydrogen (secondary N) is 1. The van der Waals surface area contributed by atoms with Gasteiger partial charge in [-0.1, -0.05) is 48.5 Å². The van der Waals surface area contributed by atoms with Gasteiger partial charge in [0, 0.05) is 50.4 Å². The third-order valence-corrected chi connectivity index (χ3v) is 5.46. The van der Waals surface area contributed by atoms with E-state index in [4.69, 9.17) is 0 Å². The Balaban J connectivity index is 1.21. The second-order valence-electron chi connectivity index (χ2n) is 7.42. The van der Waals surface area contributed by atoms with Gasteiger partial charge in [-0.3, -0.25) is 9.69 Å². The Hall–Kier alpha value is -2.59. The van der Waals surface area contributed by atoms with E-state index in [-0.39, 0.29) is 5.91 Å². The van der Waals surface area contributed by atoms with Gasteiger partial charge >= 0.3 is 0 Å². The summed E-state index contributed by atoms with van der Waals surface area (Å²) in [5.74, 6) is 0.161. The maximum Gasteiger partial charge on any atom is 0.222 e. The molecule has 4 rings (SSSR count). The van der Waals surface area contributed by atoms with E-state index in [1.807, 2.05) is 12.1 Å². The normalized spacial score (nSPS) is 15.9. The van der Waals surface area contributed by atoms with E-state index in [0.29, 0.717) is 12.5 Å².